The predicted molar refractivity (Wildman–Crippen MR) is 90.1 cm³/mol. The van der Waals surface area contributed by atoms with Crippen LogP contribution in [0.2, 0.25) is 5.02 Å². The number of rotatable bonds is 6. The highest BCUT2D eigenvalue weighted by molar-refractivity contribution is 9.10. The maximum absolute atomic E-state index is 6.10. The Labute approximate surface area is 138 Å². The molecule has 6 heteroatoms. The molecule has 2 unspecified atom stereocenters. The van der Waals surface area contributed by atoms with Crippen LogP contribution in [0, 0.1) is 0 Å². The van der Waals surface area contributed by atoms with Crippen LogP contribution in [0.5, 0.6) is 0 Å². The number of hydrazine groups is 1. The largest absolute Gasteiger partial charge is 0.271 e. The molecular formula is C15H20BrClN4. The van der Waals surface area contributed by atoms with E-state index in [0.717, 1.165) is 22.2 Å². The lowest BCUT2D eigenvalue weighted by molar-refractivity contribution is 0.467. The molecular weight excluding hydrogens is 352 g/mol. The van der Waals surface area contributed by atoms with Gasteiger partial charge in [0.1, 0.15) is 0 Å². The van der Waals surface area contributed by atoms with Crippen molar-refractivity contribution in [1.82, 2.24) is 15.2 Å². The van der Waals surface area contributed by atoms with Crippen LogP contribution in [0.4, 0.5) is 0 Å². The van der Waals surface area contributed by atoms with Crippen molar-refractivity contribution in [2.45, 2.75) is 38.8 Å². The molecule has 3 N–H and O–H groups in total. The van der Waals surface area contributed by atoms with E-state index >= 15 is 0 Å². The molecule has 2 rings (SSSR count). The van der Waals surface area contributed by atoms with Crippen LogP contribution in [0.25, 0.3) is 0 Å². The zero-order valence-electron chi connectivity index (χ0n) is 12.2. The molecule has 1 aromatic heterocycles. The van der Waals surface area contributed by atoms with Gasteiger partial charge in [-0.1, -0.05) is 34.5 Å². The Balaban J connectivity index is 2.17. The number of benzene rings is 1. The highest BCUT2D eigenvalue weighted by atomic mass is 79.9. The molecule has 0 saturated heterocycles. The monoisotopic (exact) mass is 370 g/mol. The first-order valence-electron chi connectivity index (χ1n) is 6.99. The van der Waals surface area contributed by atoms with E-state index in [0.29, 0.717) is 17.5 Å². The van der Waals surface area contributed by atoms with Gasteiger partial charge in [0.05, 0.1) is 11.7 Å². The van der Waals surface area contributed by atoms with Gasteiger partial charge in [-0.3, -0.25) is 16.0 Å². The van der Waals surface area contributed by atoms with Crippen LogP contribution in [-0.2, 0) is 6.42 Å². The van der Waals surface area contributed by atoms with Crippen molar-refractivity contribution < 1.29 is 0 Å². The van der Waals surface area contributed by atoms with Gasteiger partial charge in [-0.05, 0) is 43.2 Å². The lowest BCUT2D eigenvalue weighted by atomic mass is 10.0. The van der Waals surface area contributed by atoms with Crippen LogP contribution in [0.3, 0.4) is 0 Å². The van der Waals surface area contributed by atoms with Crippen molar-refractivity contribution >= 4 is 27.5 Å². The smallest absolute Gasteiger partial charge is 0.0644 e. The molecule has 0 aliphatic carbocycles. The average Bonchev–Trinajstić information content (AvgIpc) is 2.91. The van der Waals surface area contributed by atoms with E-state index in [1.165, 1.54) is 0 Å². The minimum absolute atomic E-state index is 0.0275. The molecule has 0 bridgehead atoms. The summed E-state index contributed by atoms with van der Waals surface area (Å²) in [6, 6.07) is 8.21. The summed E-state index contributed by atoms with van der Waals surface area (Å²) in [5, 5.41) is 5.30. The lowest BCUT2D eigenvalue weighted by Crippen LogP contribution is -2.29. The first kappa shape index (κ1) is 16.5. The molecule has 1 aromatic carbocycles. The Morgan fingerprint density at radius 3 is 2.81 bits per heavy atom. The van der Waals surface area contributed by atoms with Crippen LogP contribution in [-0.4, -0.2) is 9.78 Å². The summed E-state index contributed by atoms with van der Waals surface area (Å²) < 4.78 is 2.94. The summed E-state index contributed by atoms with van der Waals surface area (Å²) in [5.74, 6) is 5.70. The van der Waals surface area contributed by atoms with Crippen LogP contribution in [0.1, 0.15) is 43.6 Å². The highest BCUT2D eigenvalue weighted by Gasteiger charge is 2.14. The summed E-state index contributed by atoms with van der Waals surface area (Å²) in [6.07, 6.45) is 3.79. The molecule has 1 heterocycles. The molecule has 0 aliphatic heterocycles. The number of hydrogen-bond acceptors (Lipinski definition) is 3. The minimum atomic E-state index is -0.0275. The number of aromatic nitrogens is 2. The van der Waals surface area contributed by atoms with Gasteiger partial charge in [-0.15, -0.1) is 0 Å². The Bertz CT molecular complexity index is 579. The van der Waals surface area contributed by atoms with E-state index in [4.69, 9.17) is 17.4 Å². The quantitative estimate of drug-likeness (QED) is 0.595. The summed E-state index contributed by atoms with van der Waals surface area (Å²) in [7, 11) is 0. The van der Waals surface area contributed by atoms with E-state index in [1.807, 2.05) is 35.1 Å². The van der Waals surface area contributed by atoms with E-state index < -0.39 is 0 Å². The maximum atomic E-state index is 6.10. The van der Waals surface area contributed by atoms with Gasteiger partial charge in [0.15, 0.2) is 0 Å². The van der Waals surface area contributed by atoms with Crippen LogP contribution >= 0.6 is 27.5 Å². The first-order valence-corrected chi connectivity index (χ1v) is 8.16. The third-order valence-electron chi connectivity index (χ3n) is 3.61. The molecule has 114 valence electrons. The molecule has 0 radical (unpaired) electrons. The molecule has 0 amide bonds. The van der Waals surface area contributed by atoms with Gasteiger partial charge in [-0.2, -0.15) is 5.10 Å². The molecule has 2 aromatic rings. The molecule has 0 spiro atoms. The van der Waals surface area contributed by atoms with Gasteiger partial charge in [-0.25, -0.2) is 0 Å². The SMILES string of the molecule is CCC(C)n1ccc(CC(NN)c2cc(Cl)cc(Br)c2)n1. The van der Waals surface area contributed by atoms with Gasteiger partial charge < -0.3 is 0 Å². The lowest BCUT2D eigenvalue weighted by Gasteiger charge is -2.16. The number of nitrogens with two attached hydrogens (primary N) is 1. The molecule has 4 nitrogen and oxygen atoms in total. The first-order chi connectivity index (χ1) is 10.0. The zero-order chi connectivity index (χ0) is 15.4. The van der Waals surface area contributed by atoms with Gasteiger partial charge in [0.25, 0.3) is 0 Å². The third kappa shape index (κ3) is 4.30. The van der Waals surface area contributed by atoms with Gasteiger partial charge in [0.2, 0.25) is 0 Å². The molecule has 0 fully saturated rings. The minimum Gasteiger partial charge on any atom is -0.271 e. The normalized spacial score (nSPS) is 14.1. The van der Waals surface area contributed by atoms with Crippen molar-refractivity contribution in [3.05, 3.63) is 51.2 Å². The van der Waals surface area contributed by atoms with Crippen LogP contribution in [0.15, 0.2) is 34.9 Å². The van der Waals surface area contributed by atoms with Gasteiger partial charge in [0, 0.05) is 28.2 Å². The van der Waals surface area contributed by atoms with E-state index in [9.17, 15) is 0 Å². The van der Waals surface area contributed by atoms with Crippen molar-refractivity contribution in [1.29, 1.82) is 0 Å². The topological polar surface area (TPSA) is 55.9 Å². The summed E-state index contributed by atoms with van der Waals surface area (Å²) >= 11 is 9.56. The molecule has 2 atom stereocenters. The van der Waals surface area contributed by atoms with Crippen LogP contribution < -0.4 is 11.3 Å². The Kier molecular flexibility index (Phi) is 5.81. The Morgan fingerprint density at radius 1 is 1.43 bits per heavy atom. The number of halogens is 2. The van der Waals surface area contributed by atoms with Crippen molar-refractivity contribution in [2.24, 2.45) is 5.84 Å². The second-order valence-corrected chi connectivity index (χ2v) is 6.52. The Hall–Kier alpha value is -0.880. The van der Waals surface area contributed by atoms with Crippen molar-refractivity contribution in [2.75, 3.05) is 0 Å². The standard InChI is InChI=1S/C15H20BrClN4/c1-3-10(2)21-5-4-14(20-21)9-15(19-18)11-6-12(16)8-13(17)7-11/h4-8,10,15,19H,3,9,18H2,1-2H3. The molecule has 0 saturated carbocycles. The molecule has 21 heavy (non-hydrogen) atoms. The predicted octanol–water partition coefficient (Wildman–Crippen LogP) is 4.02. The van der Waals surface area contributed by atoms with E-state index in [-0.39, 0.29) is 6.04 Å². The average molecular weight is 372 g/mol. The fraction of sp³-hybridized carbons (Fsp3) is 0.400. The Morgan fingerprint density at radius 2 is 2.19 bits per heavy atom. The third-order valence-corrected chi connectivity index (χ3v) is 4.28. The maximum Gasteiger partial charge on any atom is 0.0644 e. The molecule has 0 aliphatic rings. The number of nitrogens with one attached hydrogen (secondary N) is 1. The number of hydrogen-bond donors (Lipinski definition) is 2. The summed E-state index contributed by atoms with van der Waals surface area (Å²) in [4.78, 5) is 0. The number of nitrogens with zero attached hydrogens (tertiary/aromatic N) is 2. The van der Waals surface area contributed by atoms with Gasteiger partial charge >= 0.3 is 0 Å². The fourth-order valence-electron chi connectivity index (χ4n) is 2.18. The highest BCUT2D eigenvalue weighted by Crippen LogP contribution is 2.25. The van der Waals surface area contributed by atoms with Crippen molar-refractivity contribution in [3.63, 3.8) is 0 Å². The van der Waals surface area contributed by atoms with E-state index in [1.54, 1.807) is 0 Å². The van der Waals surface area contributed by atoms with Crippen molar-refractivity contribution in [3.8, 4) is 0 Å². The van der Waals surface area contributed by atoms with E-state index in [2.05, 4.69) is 40.3 Å². The summed E-state index contributed by atoms with van der Waals surface area (Å²) in [5.41, 5.74) is 4.89. The summed E-state index contributed by atoms with van der Waals surface area (Å²) in [6.45, 7) is 4.31. The zero-order valence-corrected chi connectivity index (χ0v) is 14.5. The fourth-order valence-corrected chi connectivity index (χ4v) is 3.06. The second kappa shape index (κ2) is 7.40. The second-order valence-electron chi connectivity index (χ2n) is 5.17.